The molecule has 4 aliphatic heterocycles. The fourth-order valence-electron chi connectivity index (χ4n) is 8.61. The highest BCUT2D eigenvalue weighted by Gasteiger charge is 2.55. The van der Waals surface area contributed by atoms with Gasteiger partial charge in [-0.25, -0.2) is 4.98 Å². The third kappa shape index (κ3) is 8.41. The topological polar surface area (TPSA) is 189 Å². The molecule has 0 bridgehead atoms. The van der Waals surface area contributed by atoms with Gasteiger partial charge in [0.1, 0.15) is 30.0 Å². The van der Waals surface area contributed by atoms with Crippen LogP contribution in [0.5, 0.6) is 0 Å². The van der Waals surface area contributed by atoms with Crippen LogP contribution < -0.4 is 41.7 Å². The number of benzene rings is 3. The van der Waals surface area contributed by atoms with Crippen LogP contribution in [0.4, 0.5) is 28.6 Å². The maximum atomic E-state index is 13.7. The van der Waals surface area contributed by atoms with E-state index in [1.165, 1.54) is 0 Å². The molecule has 4 fully saturated rings. The molecule has 4 aromatic rings. The van der Waals surface area contributed by atoms with E-state index >= 15 is 0 Å². The number of hydrogen-bond acceptors (Lipinski definition) is 11. The van der Waals surface area contributed by atoms with E-state index in [1.54, 1.807) is 48.3 Å². The third-order valence-corrected chi connectivity index (χ3v) is 12.0. The van der Waals surface area contributed by atoms with Crippen molar-refractivity contribution in [2.75, 3.05) is 92.5 Å². The number of carbonyl (C=O) groups is 5. The second kappa shape index (κ2) is 18.1. The van der Waals surface area contributed by atoms with Crippen molar-refractivity contribution in [2.45, 2.75) is 36.8 Å². The molecule has 1 aromatic heterocycles. The number of nitrogens with one attached hydrogen (secondary N) is 4. The number of nitrogens with zero attached hydrogens (tertiary/aromatic N) is 6. The van der Waals surface area contributed by atoms with Gasteiger partial charge < -0.3 is 51.5 Å². The van der Waals surface area contributed by atoms with Crippen molar-refractivity contribution in [2.24, 2.45) is 0 Å². The minimum absolute atomic E-state index is 0.0234. The van der Waals surface area contributed by atoms with Crippen molar-refractivity contribution in [3.8, 4) is 0 Å². The van der Waals surface area contributed by atoms with Gasteiger partial charge in [0.25, 0.3) is 11.8 Å². The third-order valence-electron chi connectivity index (χ3n) is 12.0. The number of pyridine rings is 1. The Kier molecular flexibility index (Phi) is 12.5. The first-order valence-corrected chi connectivity index (χ1v) is 20.3. The number of piperidine rings is 2. The van der Waals surface area contributed by atoms with Crippen LogP contribution in [0.2, 0.25) is 0 Å². The predicted octanol–water partition coefficient (Wildman–Crippen LogP) is 2.47. The first kappa shape index (κ1) is 41.5. The Balaban J connectivity index is 0.000000210. The number of amides is 5. The summed E-state index contributed by atoms with van der Waals surface area (Å²) >= 11 is 0. The molecule has 2 spiro atoms. The van der Waals surface area contributed by atoms with E-state index in [0.717, 1.165) is 43.1 Å². The maximum Gasteiger partial charge on any atom is 0.257 e. The molecule has 314 valence electrons. The Morgan fingerprint density at radius 1 is 0.683 bits per heavy atom. The number of nitrogens with two attached hydrogens (primary N) is 1. The summed E-state index contributed by atoms with van der Waals surface area (Å²) in [7, 11) is 3.17. The summed E-state index contributed by atoms with van der Waals surface area (Å²) in [4.78, 5) is 77.4. The molecule has 4 aliphatic rings. The zero-order valence-corrected chi connectivity index (χ0v) is 34.1. The summed E-state index contributed by atoms with van der Waals surface area (Å²) in [5.74, 6) is 0.183. The maximum absolute atomic E-state index is 13.7. The second-order valence-electron chi connectivity index (χ2n) is 15.4. The van der Waals surface area contributed by atoms with E-state index in [0.29, 0.717) is 56.2 Å². The standard InChI is InChI=1S/C28H31N7O3.C16H22N4O2/c1-30-25(36)18-34-19-35(21-7-3-2-4-8-21)28(27(34)38)13-15-33(16-14-28)24-12-11-20(17-31-24)26(37)32-23-10-6-5-9-22(23)29;1-17-14(21)11-19-12-20(13-5-3-2-4-6-13)16(15(19)22)7-9-18-10-8-16/h2-12,17H,13-16,18-19,29H2,1H3,(H,30,36)(H,32,37);2-6,18H,7-12H2,1H3,(H,17,21). The number of anilines is 5. The fraction of sp³-hybridized carbons (Fsp3) is 0.364. The molecule has 5 heterocycles. The number of carbonyl (C=O) groups excluding carboxylic acids is 5. The van der Waals surface area contributed by atoms with Crippen molar-refractivity contribution in [3.63, 3.8) is 0 Å². The molecule has 8 rings (SSSR count). The van der Waals surface area contributed by atoms with Gasteiger partial charge in [-0.15, -0.1) is 0 Å². The molecule has 5 amide bonds. The monoisotopic (exact) mass is 815 g/mol. The zero-order chi connectivity index (χ0) is 42.3. The van der Waals surface area contributed by atoms with Crippen molar-refractivity contribution < 1.29 is 24.0 Å². The van der Waals surface area contributed by atoms with Crippen LogP contribution >= 0.6 is 0 Å². The van der Waals surface area contributed by atoms with Gasteiger partial charge in [0.05, 0.1) is 30.3 Å². The van der Waals surface area contributed by atoms with Crippen molar-refractivity contribution in [1.29, 1.82) is 0 Å². The van der Waals surface area contributed by atoms with Gasteiger partial charge in [0.2, 0.25) is 17.7 Å². The Morgan fingerprint density at radius 3 is 1.67 bits per heavy atom. The highest BCUT2D eigenvalue weighted by molar-refractivity contribution is 6.05. The van der Waals surface area contributed by atoms with Crippen LogP contribution in [-0.4, -0.2) is 122 Å². The number of rotatable bonds is 9. The summed E-state index contributed by atoms with van der Waals surface area (Å²) in [6.45, 7) is 3.86. The Labute approximate surface area is 350 Å². The molecule has 6 N–H and O–H groups in total. The molecule has 0 saturated carbocycles. The largest absolute Gasteiger partial charge is 0.397 e. The molecule has 0 radical (unpaired) electrons. The molecule has 3 aromatic carbocycles. The lowest BCUT2D eigenvalue weighted by atomic mass is 9.85. The smallest absolute Gasteiger partial charge is 0.257 e. The summed E-state index contributed by atoms with van der Waals surface area (Å²) in [6, 6.07) is 30.5. The highest BCUT2D eigenvalue weighted by Crippen LogP contribution is 2.41. The molecule has 0 aliphatic carbocycles. The van der Waals surface area contributed by atoms with Crippen molar-refractivity contribution >= 4 is 58.1 Å². The predicted molar refractivity (Wildman–Crippen MR) is 231 cm³/mol. The second-order valence-corrected chi connectivity index (χ2v) is 15.4. The molecule has 16 heteroatoms. The van der Waals surface area contributed by atoms with Crippen LogP contribution in [0.15, 0.2) is 103 Å². The van der Waals surface area contributed by atoms with Crippen LogP contribution in [-0.2, 0) is 19.2 Å². The molecule has 0 atom stereocenters. The Hall–Kier alpha value is -6.68. The lowest BCUT2D eigenvalue weighted by Crippen LogP contribution is -2.57. The van der Waals surface area contributed by atoms with E-state index in [1.807, 2.05) is 78.9 Å². The highest BCUT2D eigenvalue weighted by atomic mass is 16.2. The minimum Gasteiger partial charge on any atom is -0.397 e. The van der Waals surface area contributed by atoms with Crippen molar-refractivity contribution in [1.82, 2.24) is 30.7 Å². The van der Waals surface area contributed by atoms with E-state index in [-0.39, 0.29) is 42.6 Å². The van der Waals surface area contributed by atoms with Crippen LogP contribution in [0, 0.1) is 0 Å². The summed E-state index contributed by atoms with van der Waals surface area (Å²) in [5, 5.41) is 11.3. The van der Waals surface area contributed by atoms with E-state index in [4.69, 9.17) is 5.73 Å². The Morgan fingerprint density at radius 2 is 1.18 bits per heavy atom. The molecule has 4 saturated heterocycles. The number of nitrogen functional groups attached to an aromatic ring is 1. The van der Waals surface area contributed by atoms with Crippen molar-refractivity contribution in [3.05, 3.63) is 109 Å². The molecular weight excluding hydrogens is 763 g/mol. The summed E-state index contributed by atoms with van der Waals surface area (Å²) in [5.41, 5.74) is 8.16. The number of hydrogen-bond donors (Lipinski definition) is 5. The van der Waals surface area contributed by atoms with E-state index in [2.05, 4.69) is 41.0 Å². The van der Waals surface area contributed by atoms with Crippen LogP contribution in [0.1, 0.15) is 36.0 Å². The number of likely N-dealkylation sites (N-methyl/N-ethyl adjacent to an activating group) is 2. The van der Waals surface area contributed by atoms with Gasteiger partial charge in [-0.05, 0) is 87.3 Å². The lowest BCUT2D eigenvalue weighted by Gasteiger charge is -2.43. The van der Waals surface area contributed by atoms with Crippen LogP contribution in [0.25, 0.3) is 0 Å². The molecule has 16 nitrogen and oxygen atoms in total. The molecule has 60 heavy (non-hydrogen) atoms. The van der Waals surface area contributed by atoms with Gasteiger partial charge in [-0.2, -0.15) is 0 Å². The number of aromatic nitrogens is 1. The average Bonchev–Trinajstić information content (AvgIpc) is 3.70. The fourth-order valence-corrected chi connectivity index (χ4v) is 8.61. The van der Waals surface area contributed by atoms with E-state index in [9.17, 15) is 24.0 Å². The first-order valence-electron chi connectivity index (χ1n) is 20.3. The van der Waals surface area contributed by atoms with E-state index < -0.39 is 11.1 Å². The lowest BCUT2D eigenvalue weighted by molar-refractivity contribution is -0.136. The van der Waals surface area contributed by atoms with Gasteiger partial charge in [0, 0.05) is 44.8 Å². The average molecular weight is 816 g/mol. The zero-order valence-electron chi connectivity index (χ0n) is 34.1. The normalized spacial score (nSPS) is 18.0. The summed E-state index contributed by atoms with van der Waals surface area (Å²) in [6.07, 6.45) is 4.26. The SMILES string of the molecule is CNC(=O)CN1CN(c2ccccc2)C2(CCN(c3ccc(C(=O)Nc4ccccc4N)cn3)CC2)C1=O.CNC(=O)CN1CN(c2ccccc2)C2(CCNCC2)C1=O. The van der Waals surface area contributed by atoms with Gasteiger partial charge in [-0.1, -0.05) is 48.5 Å². The first-order chi connectivity index (χ1) is 29.1. The quantitative estimate of drug-likeness (QED) is 0.156. The Bertz CT molecular complexity index is 2160. The minimum atomic E-state index is -0.721. The number of para-hydroxylation sites is 4. The van der Waals surface area contributed by atoms with Crippen LogP contribution in [0.3, 0.4) is 0 Å². The van der Waals surface area contributed by atoms with Gasteiger partial charge in [-0.3, -0.25) is 24.0 Å². The summed E-state index contributed by atoms with van der Waals surface area (Å²) < 4.78 is 0. The van der Waals surface area contributed by atoms with Gasteiger partial charge in [0.15, 0.2) is 0 Å². The van der Waals surface area contributed by atoms with Gasteiger partial charge >= 0.3 is 0 Å². The molecule has 0 unspecified atom stereocenters. The molecular formula is C44H53N11O5.